The zero-order chi connectivity index (χ0) is 15.7. The molecule has 1 N–H and O–H groups in total. The number of rotatable bonds is 4. The molecular formula is C17H19F2NO2. The molecule has 1 aliphatic carbocycles. The van der Waals surface area contributed by atoms with Crippen LogP contribution in [0, 0.1) is 23.0 Å². The second-order valence-electron chi connectivity index (χ2n) is 6.31. The highest BCUT2D eigenvalue weighted by Crippen LogP contribution is 2.48. The molecule has 1 heterocycles. The Morgan fingerprint density at radius 3 is 2.95 bits per heavy atom. The van der Waals surface area contributed by atoms with Crippen LogP contribution in [0.25, 0.3) is 6.08 Å². The lowest BCUT2D eigenvalue weighted by molar-refractivity contribution is -0.149. The van der Waals surface area contributed by atoms with Gasteiger partial charge in [0.25, 0.3) is 0 Å². The summed E-state index contributed by atoms with van der Waals surface area (Å²) in [5, 5.41) is 9.53. The monoisotopic (exact) mass is 307 g/mol. The van der Waals surface area contributed by atoms with Crippen LogP contribution in [-0.4, -0.2) is 35.6 Å². The van der Waals surface area contributed by atoms with Gasteiger partial charge in [-0.3, -0.25) is 9.69 Å². The van der Waals surface area contributed by atoms with Crippen molar-refractivity contribution in [1.82, 2.24) is 4.90 Å². The Morgan fingerprint density at radius 1 is 1.45 bits per heavy atom. The number of carboxylic acids is 1. The van der Waals surface area contributed by atoms with Crippen molar-refractivity contribution in [3.05, 3.63) is 41.5 Å². The van der Waals surface area contributed by atoms with Gasteiger partial charge in [-0.1, -0.05) is 18.6 Å². The molecule has 1 aromatic carbocycles. The average molecular weight is 307 g/mol. The maximum Gasteiger partial charge on any atom is 0.311 e. The van der Waals surface area contributed by atoms with Crippen LogP contribution in [0.3, 0.4) is 0 Å². The topological polar surface area (TPSA) is 40.5 Å². The maximum absolute atomic E-state index is 13.5. The predicted octanol–water partition coefficient (Wildman–Crippen LogP) is 3.16. The van der Waals surface area contributed by atoms with E-state index in [1.807, 2.05) is 6.08 Å². The largest absolute Gasteiger partial charge is 0.481 e. The van der Waals surface area contributed by atoms with Gasteiger partial charge in [0.1, 0.15) is 11.6 Å². The van der Waals surface area contributed by atoms with Gasteiger partial charge in [-0.05, 0) is 30.9 Å². The normalized spacial score (nSPS) is 28.4. The standard InChI is InChI=1S/C17H19F2NO2/c18-14-6-5-12(15(19)9-14)3-2-8-20-10-13-4-1-7-17(13,11-20)16(21)22/h2-3,5-6,9,13H,1,4,7-8,10-11H2,(H,21,22)/b3-2+/t13-,17+/m0/s1. The van der Waals surface area contributed by atoms with Gasteiger partial charge in [0.15, 0.2) is 0 Å². The Hall–Kier alpha value is -1.75. The van der Waals surface area contributed by atoms with Crippen LogP contribution >= 0.6 is 0 Å². The molecule has 0 aromatic heterocycles. The molecule has 0 unspecified atom stereocenters. The lowest BCUT2D eigenvalue weighted by Crippen LogP contribution is -2.35. The first-order valence-corrected chi connectivity index (χ1v) is 7.58. The number of likely N-dealkylation sites (tertiary alicyclic amines) is 1. The number of aliphatic carboxylic acids is 1. The molecule has 118 valence electrons. The summed E-state index contributed by atoms with van der Waals surface area (Å²) < 4.78 is 26.4. The van der Waals surface area contributed by atoms with Gasteiger partial charge < -0.3 is 5.11 Å². The molecule has 3 rings (SSSR count). The molecule has 2 fully saturated rings. The number of carboxylic acid groups (broad SMARTS) is 1. The molecule has 1 saturated heterocycles. The number of hydrogen-bond acceptors (Lipinski definition) is 2. The van der Waals surface area contributed by atoms with Gasteiger partial charge in [0.2, 0.25) is 0 Å². The molecule has 2 aliphatic rings. The minimum atomic E-state index is -0.689. The molecule has 22 heavy (non-hydrogen) atoms. The molecule has 0 bridgehead atoms. The first-order valence-electron chi connectivity index (χ1n) is 7.58. The summed E-state index contributed by atoms with van der Waals surface area (Å²) in [7, 11) is 0. The van der Waals surface area contributed by atoms with E-state index in [0.717, 1.165) is 31.9 Å². The number of carbonyl (C=O) groups is 1. The van der Waals surface area contributed by atoms with Crippen molar-refractivity contribution >= 4 is 12.0 Å². The van der Waals surface area contributed by atoms with Gasteiger partial charge in [-0.25, -0.2) is 8.78 Å². The Morgan fingerprint density at radius 2 is 2.27 bits per heavy atom. The summed E-state index contributed by atoms with van der Waals surface area (Å²) in [5.74, 6) is -1.64. The Kier molecular flexibility index (Phi) is 4.00. The van der Waals surface area contributed by atoms with Crippen LogP contribution in [0.4, 0.5) is 8.78 Å². The fraction of sp³-hybridized carbons (Fsp3) is 0.471. The molecule has 3 nitrogen and oxygen atoms in total. The van der Waals surface area contributed by atoms with E-state index < -0.39 is 23.0 Å². The summed E-state index contributed by atoms with van der Waals surface area (Å²) in [6, 6.07) is 3.49. The summed E-state index contributed by atoms with van der Waals surface area (Å²) in [5.41, 5.74) is -0.247. The second kappa shape index (κ2) is 5.80. The molecule has 1 aromatic rings. The van der Waals surface area contributed by atoms with Crippen LogP contribution in [0.2, 0.25) is 0 Å². The molecule has 5 heteroatoms. The van der Waals surface area contributed by atoms with Crippen molar-refractivity contribution < 1.29 is 18.7 Å². The Bertz CT molecular complexity index is 617. The third-order valence-corrected chi connectivity index (χ3v) is 4.99. The van der Waals surface area contributed by atoms with E-state index in [1.165, 1.54) is 12.1 Å². The predicted molar refractivity (Wildman–Crippen MR) is 79.2 cm³/mol. The fourth-order valence-electron chi connectivity index (χ4n) is 3.85. The molecule has 0 amide bonds. The van der Waals surface area contributed by atoms with E-state index in [-0.39, 0.29) is 5.92 Å². The SMILES string of the molecule is O=C(O)[C@@]12CCC[C@H]1CN(C/C=C/c1ccc(F)cc1F)C2. The molecule has 0 radical (unpaired) electrons. The quantitative estimate of drug-likeness (QED) is 0.929. The number of halogens is 2. The molecule has 0 spiro atoms. The zero-order valence-corrected chi connectivity index (χ0v) is 12.3. The van der Waals surface area contributed by atoms with Crippen LogP contribution < -0.4 is 0 Å². The van der Waals surface area contributed by atoms with Crippen LogP contribution in [0.1, 0.15) is 24.8 Å². The number of fused-ring (bicyclic) bond motifs is 1. The first kappa shape index (κ1) is 15.2. The third-order valence-electron chi connectivity index (χ3n) is 4.99. The minimum absolute atomic E-state index is 0.223. The van der Waals surface area contributed by atoms with Crippen LogP contribution in [-0.2, 0) is 4.79 Å². The second-order valence-corrected chi connectivity index (χ2v) is 6.31. The van der Waals surface area contributed by atoms with Gasteiger partial charge in [-0.2, -0.15) is 0 Å². The van der Waals surface area contributed by atoms with E-state index in [1.54, 1.807) is 6.08 Å². The van der Waals surface area contributed by atoms with Crippen molar-refractivity contribution in [3.63, 3.8) is 0 Å². The number of benzene rings is 1. The van der Waals surface area contributed by atoms with E-state index in [2.05, 4.69) is 4.90 Å². The molecule has 1 saturated carbocycles. The average Bonchev–Trinajstić information content (AvgIpc) is 2.99. The van der Waals surface area contributed by atoms with E-state index >= 15 is 0 Å². The van der Waals surface area contributed by atoms with Crippen molar-refractivity contribution in [3.8, 4) is 0 Å². The highest BCUT2D eigenvalue weighted by molar-refractivity contribution is 5.76. The molecule has 2 atom stereocenters. The summed E-state index contributed by atoms with van der Waals surface area (Å²) in [6.07, 6.45) is 6.14. The van der Waals surface area contributed by atoms with Gasteiger partial charge in [-0.15, -0.1) is 0 Å². The summed E-state index contributed by atoms with van der Waals surface area (Å²) in [6.45, 7) is 1.92. The zero-order valence-electron chi connectivity index (χ0n) is 12.3. The Balaban J connectivity index is 1.63. The van der Waals surface area contributed by atoms with E-state index in [4.69, 9.17) is 0 Å². The van der Waals surface area contributed by atoms with Gasteiger partial charge in [0, 0.05) is 31.3 Å². The van der Waals surface area contributed by atoms with Crippen molar-refractivity contribution in [2.75, 3.05) is 19.6 Å². The maximum atomic E-state index is 13.5. The fourth-order valence-corrected chi connectivity index (χ4v) is 3.85. The number of hydrogen-bond donors (Lipinski definition) is 1. The Labute approximate surface area is 128 Å². The highest BCUT2D eigenvalue weighted by atomic mass is 19.1. The van der Waals surface area contributed by atoms with Gasteiger partial charge in [0.05, 0.1) is 5.41 Å². The minimum Gasteiger partial charge on any atom is -0.481 e. The van der Waals surface area contributed by atoms with E-state index in [0.29, 0.717) is 18.7 Å². The van der Waals surface area contributed by atoms with E-state index in [9.17, 15) is 18.7 Å². The smallest absolute Gasteiger partial charge is 0.311 e. The van der Waals surface area contributed by atoms with Crippen molar-refractivity contribution in [1.29, 1.82) is 0 Å². The number of nitrogens with zero attached hydrogens (tertiary/aromatic N) is 1. The molecular weight excluding hydrogens is 288 g/mol. The lowest BCUT2D eigenvalue weighted by Gasteiger charge is -2.23. The van der Waals surface area contributed by atoms with Crippen molar-refractivity contribution in [2.24, 2.45) is 11.3 Å². The van der Waals surface area contributed by atoms with Crippen LogP contribution in [0.15, 0.2) is 24.3 Å². The van der Waals surface area contributed by atoms with Gasteiger partial charge >= 0.3 is 5.97 Å². The lowest BCUT2D eigenvalue weighted by atomic mass is 9.81. The highest BCUT2D eigenvalue weighted by Gasteiger charge is 2.54. The summed E-state index contributed by atoms with van der Waals surface area (Å²) in [4.78, 5) is 13.7. The van der Waals surface area contributed by atoms with Crippen LogP contribution in [0.5, 0.6) is 0 Å². The first-order chi connectivity index (χ1) is 10.5. The molecule has 1 aliphatic heterocycles. The third kappa shape index (κ3) is 2.65. The van der Waals surface area contributed by atoms with Crippen molar-refractivity contribution in [2.45, 2.75) is 19.3 Å². The summed E-state index contributed by atoms with van der Waals surface area (Å²) >= 11 is 0.